The van der Waals surface area contributed by atoms with Crippen molar-refractivity contribution in [3.05, 3.63) is 40.7 Å². The van der Waals surface area contributed by atoms with Crippen LogP contribution in [-0.2, 0) is 16.4 Å². The Morgan fingerprint density at radius 3 is 2.28 bits per heavy atom. The number of halogens is 1. The van der Waals surface area contributed by atoms with E-state index in [0.717, 1.165) is 31.5 Å². The van der Waals surface area contributed by atoms with Crippen LogP contribution in [0.4, 0.5) is 0 Å². The second-order valence-corrected chi connectivity index (χ2v) is 9.63. The molecular weight excluding hydrogens is 416 g/mol. The Hall–Kier alpha value is -2.03. The van der Waals surface area contributed by atoms with Crippen LogP contribution in [0.25, 0.3) is 0 Å². The molecule has 0 unspecified atom stereocenters. The maximum atomic E-state index is 12.1. The van der Waals surface area contributed by atoms with Crippen LogP contribution in [0.15, 0.2) is 29.3 Å². The monoisotopic (exact) mass is 440 g/mol. The minimum Gasteiger partial charge on any atom is -0.502 e. The Morgan fingerprint density at radius 2 is 1.76 bits per heavy atom. The average molecular weight is 441 g/mol. The molecule has 2 heterocycles. The van der Waals surface area contributed by atoms with Crippen LogP contribution in [0.3, 0.4) is 0 Å². The van der Waals surface area contributed by atoms with E-state index < -0.39 is 9.84 Å². The fraction of sp³-hybridized carbons (Fsp3) is 0.450. The molecule has 0 radical (unpaired) electrons. The predicted octanol–water partition coefficient (Wildman–Crippen LogP) is 3.24. The molecule has 1 saturated heterocycles. The van der Waals surface area contributed by atoms with E-state index in [0.29, 0.717) is 28.8 Å². The summed E-state index contributed by atoms with van der Waals surface area (Å²) in [6.07, 6.45) is 4.28. The summed E-state index contributed by atoms with van der Waals surface area (Å²) >= 11 is 5.96. The summed E-state index contributed by atoms with van der Waals surface area (Å²) in [5.41, 5.74) is 1.57. The number of aromatic hydroxyl groups is 1. The van der Waals surface area contributed by atoms with Gasteiger partial charge in [0, 0.05) is 24.9 Å². The highest BCUT2D eigenvalue weighted by Gasteiger charge is 2.27. The zero-order valence-corrected chi connectivity index (χ0v) is 18.3. The molecule has 7 nitrogen and oxygen atoms in total. The van der Waals surface area contributed by atoms with Crippen LogP contribution < -0.4 is 9.47 Å². The summed E-state index contributed by atoms with van der Waals surface area (Å²) in [6, 6.07) is 5.08. The van der Waals surface area contributed by atoms with Crippen molar-refractivity contribution in [3.8, 4) is 17.2 Å². The topological polar surface area (TPSA) is 89.0 Å². The van der Waals surface area contributed by atoms with Crippen molar-refractivity contribution in [2.75, 3.05) is 33.6 Å². The third kappa shape index (κ3) is 4.94. The van der Waals surface area contributed by atoms with Gasteiger partial charge in [0.25, 0.3) is 0 Å². The molecule has 1 aliphatic heterocycles. The number of ether oxygens (including phenoxy) is 2. The molecule has 158 valence electrons. The molecule has 2 aromatic rings. The van der Waals surface area contributed by atoms with Crippen LogP contribution in [0.1, 0.15) is 30.0 Å². The van der Waals surface area contributed by atoms with Gasteiger partial charge in [0.2, 0.25) is 5.75 Å². The van der Waals surface area contributed by atoms with Crippen molar-refractivity contribution in [3.63, 3.8) is 0 Å². The number of methoxy groups -OCH3 is 2. The predicted molar refractivity (Wildman–Crippen MR) is 111 cm³/mol. The highest BCUT2D eigenvalue weighted by atomic mass is 35.5. The van der Waals surface area contributed by atoms with Crippen molar-refractivity contribution in [2.45, 2.75) is 30.2 Å². The molecule has 3 rings (SSSR count). The summed E-state index contributed by atoms with van der Waals surface area (Å²) in [7, 11) is -0.394. The molecule has 0 saturated carbocycles. The first-order chi connectivity index (χ1) is 13.7. The van der Waals surface area contributed by atoms with Crippen molar-refractivity contribution in [1.29, 1.82) is 0 Å². The second kappa shape index (κ2) is 8.77. The molecule has 0 bridgehead atoms. The number of phenolic OH excluding ortho intramolecular Hbond substituents is 1. The summed E-state index contributed by atoms with van der Waals surface area (Å²) in [5, 5.41) is 10.4. The standard InChI is InChI=1S/C20H25ClN2O5S/c1-27-16-8-13(9-17(28-2)20(16)24)12-23-6-4-14(5-7-23)19-18(29(3,25)26)10-15(21)11-22-19/h8-11,14,24H,4-7,12H2,1-3H3. The molecule has 1 N–H and O–H groups in total. The van der Waals surface area contributed by atoms with Gasteiger partial charge in [-0.05, 0) is 49.7 Å². The third-order valence-electron chi connectivity index (χ3n) is 5.17. The molecule has 1 fully saturated rings. The number of benzene rings is 1. The Bertz CT molecular complexity index is 963. The van der Waals surface area contributed by atoms with E-state index in [4.69, 9.17) is 21.1 Å². The number of phenols is 1. The third-order valence-corrected chi connectivity index (χ3v) is 6.50. The van der Waals surface area contributed by atoms with Gasteiger partial charge in [-0.15, -0.1) is 0 Å². The first kappa shape index (κ1) is 21.7. The van der Waals surface area contributed by atoms with Gasteiger partial charge < -0.3 is 14.6 Å². The maximum absolute atomic E-state index is 12.1. The Morgan fingerprint density at radius 1 is 1.17 bits per heavy atom. The Labute approximate surface area is 176 Å². The minimum absolute atomic E-state index is 0.0143. The van der Waals surface area contributed by atoms with Gasteiger partial charge in [-0.2, -0.15) is 0 Å². The molecule has 0 spiro atoms. The fourth-order valence-corrected chi connectivity index (χ4v) is 4.86. The van der Waals surface area contributed by atoms with Gasteiger partial charge in [0.1, 0.15) is 0 Å². The molecule has 1 aromatic heterocycles. The van der Waals surface area contributed by atoms with Gasteiger partial charge in [-0.25, -0.2) is 8.42 Å². The van der Waals surface area contributed by atoms with Gasteiger partial charge in [-0.1, -0.05) is 11.6 Å². The molecule has 0 amide bonds. The lowest BCUT2D eigenvalue weighted by Crippen LogP contribution is -2.33. The second-order valence-electron chi connectivity index (χ2n) is 7.21. The van der Waals surface area contributed by atoms with Gasteiger partial charge in [-0.3, -0.25) is 9.88 Å². The summed E-state index contributed by atoms with van der Waals surface area (Å²) < 4.78 is 34.7. The number of hydrogen-bond acceptors (Lipinski definition) is 7. The van der Waals surface area contributed by atoms with Crippen LogP contribution in [0, 0.1) is 0 Å². The van der Waals surface area contributed by atoms with Crippen molar-refractivity contribution >= 4 is 21.4 Å². The van der Waals surface area contributed by atoms with E-state index in [1.807, 2.05) is 0 Å². The lowest BCUT2D eigenvalue weighted by Gasteiger charge is -2.32. The normalized spacial score (nSPS) is 16.0. The number of hydrogen-bond donors (Lipinski definition) is 1. The highest BCUT2D eigenvalue weighted by molar-refractivity contribution is 7.90. The summed E-state index contributed by atoms with van der Waals surface area (Å²) in [6.45, 7) is 2.26. The maximum Gasteiger partial charge on any atom is 0.200 e. The zero-order valence-electron chi connectivity index (χ0n) is 16.7. The van der Waals surface area contributed by atoms with Crippen molar-refractivity contribution < 1.29 is 23.0 Å². The highest BCUT2D eigenvalue weighted by Crippen LogP contribution is 2.38. The SMILES string of the molecule is COc1cc(CN2CCC(c3ncc(Cl)cc3S(C)(=O)=O)CC2)cc(OC)c1O. The molecule has 0 atom stereocenters. The van der Waals surface area contributed by atoms with Crippen LogP contribution in [0.5, 0.6) is 17.2 Å². The van der Waals surface area contributed by atoms with Crippen LogP contribution in [-0.4, -0.2) is 57.0 Å². The zero-order chi connectivity index (χ0) is 21.2. The number of piperidine rings is 1. The molecule has 0 aliphatic carbocycles. The fourth-order valence-electron chi connectivity index (χ4n) is 3.70. The van der Waals surface area contributed by atoms with Crippen LogP contribution >= 0.6 is 11.6 Å². The van der Waals surface area contributed by atoms with Gasteiger partial charge in [0.05, 0.1) is 29.8 Å². The number of nitrogens with zero attached hydrogens (tertiary/aromatic N) is 2. The Kier molecular flexibility index (Phi) is 6.55. The quantitative estimate of drug-likeness (QED) is 0.737. The summed E-state index contributed by atoms with van der Waals surface area (Å²) in [5.74, 6) is 0.798. The number of rotatable bonds is 6. The van der Waals surface area contributed by atoms with E-state index in [1.165, 1.54) is 32.7 Å². The van der Waals surface area contributed by atoms with E-state index in [9.17, 15) is 13.5 Å². The molecule has 29 heavy (non-hydrogen) atoms. The lowest BCUT2D eigenvalue weighted by atomic mass is 9.92. The van der Waals surface area contributed by atoms with E-state index in [1.54, 1.807) is 12.1 Å². The smallest absolute Gasteiger partial charge is 0.200 e. The number of sulfone groups is 1. The first-order valence-electron chi connectivity index (χ1n) is 9.24. The molecule has 9 heteroatoms. The molecule has 1 aliphatic rings. The van der Waals surface area contributed by atoms with E-state index in [-0.39, 0.29) is 16.6 Å². The first-order valence-corrected chi connectivity index (χ1v) is 11.5. The van der Waals surface area contributed by atoms with Gasteiger partial charge in [0.15, 0.2) is 21.3 Å². The minimum atomic E-state index is -3.40. The number of pyridine rings is 1. The van der Waals surface area contributed by atoms with Crippen molar-refractivity contribution in [2.24, 2.45) is 0 Å². The lowest BCUT2D eigenvalue weighted by molar-refractivity contribution is 0.201. The Balaban J connectivity index is 1.73. The molecular formula is C20H25ClN2O5S. The number of likely N-dealkylation sites (tertiary alicyclic amines) is 1. The average Bonchev–Trinajstić information content (AvgIpc) is 2.69. The van der Waals surface area contributed by atoms with E-state index in [2.05, 4.69) is 9.88 Å². The molecule has 1 aromatic carbocycles. The van der Waals surface area contributed by atoms with E-state index >= 15 is 0 Å². The summed E-state index contributed by atoms with van der Waals surface area (Å²) in [4.78, 5) is 6.84. The number of aromatic nitrogens is 1. The van der Waals surface area contributed by atoms with Crippen LogP contribution in [0.2, 0.25) is 5.02 Å². The van der Waals surface area contributed by atoms with Crippen molar-refractivity contribution in [1.82, 2.24) is 9.88 Å². The van der Waals surface area contributed by atoms with Gasteiger partial charge >= 0.3 is 0 Å². The largest absolute Gasteiger partial charge is 0.502 e.